The smallest absolute Gasteiger partial charge is 0.394 e. The number of nitrogen functional groups attached to an aromatic ring is 2. The van der Waals surface area contributed by atoms with Gasteiger partial charge in [0.1, 0.15) is 43.0 Å². The zero-order chi connectivity index (χ0) is 31.8. The first-order valence-corrected chi connectivity index (χ1v) is 14.9. The Morgan fingerprint density at radius 2 is 1.66 bits per heavy atom. The molecule has 2 fully saturated rings. The van der Waals surface area contributed by atoms with Gasteiger partial charge in [-0.25, -0.2) is 19.3 Å². The lowest BCUT2D eigenvalue weighted by molar-refractivity contribution is -0.0745. The molecule has 2 saturated heterocycles. The van der Waals surface area contributed by atoms with E-state index in [2.05, 4.69) is 24.9 Å². The lowest BCUT2D eigenvalue weighted by Gasteiger charge is -2.26. The van der Waals surface area contributed by atoms with Crippen LogP contribution in [0.4, 0.5) is 11.9 Å². The zero-order valence-electron chi connectivity index (χ0n) is 23.4. The van der Waals surface area contributed by atoms with Crippen molar-refractivity contribution in [3.63, 3.8) is 0 Å². The molecule has 0 aliphatic carbocycles. The summed E-state index contributed by atoms with van der Waals surface area (Å²) in [4.78, 5) is 53.1. The number of phosphoric acid groups is 1. The average molecular weight is 646 g/mol. The zero-order valence-corrected chi connectivity index (χ0v) is 24.3. The minimum Gasteiger partial charge on any atom is -0.394 e. The third-order valence-electron chi connectivity index (χ3n) is 6.90. The van der Waals surface area contributed by atoms with Crippen molar-refractivity contribution in [1.82, 2.24) is 34.1 Å². The molecule has 2 aliphatic heterocycles. The molecule has 242 valence electrons. The number of aromatic nitrogens is 7. The predicted octanol–water partition coefficient (Wildman–Crippen LogP) is -2.60. The molecule has 8 N–H and O–H groups in total. The van der Waals surface area contributed by atoms with Crippen molar-refractivity contribution in [2.24, 2.45) is 0 Å². The summed E-state index contributed by atoms with van der Waals surface area (Å²) in [5.74, 6) is -0.454. The fourth-order valence-electron chi connectivity index (χ4n) is 5.04. The van der Waals surface area contributed by atoms with Crippen LogP contribution >= 0.6 is 7.82 Å². The number of nitrogens with zero attached hydrogens (tertiary/aromatic N) is 6. The highest BCUT2D eigenvalue weighted by Gasteiger charge is 2.51. The van der Waals surface area contributed by atoms with Gasteiger partial charge in [0.25, 0.3) is 5.56 Å². The number of rotatable bonds is 12. The third kappa shape index (κ3) is 6.24. The van der Waals surface area contributed by atoms with Crippen molar-refractivity contribution in [3.05, 3.63) is 33.5 Å². The molecular formula is C22H32N9O12P. The van der Waals surface area contributed by atoms with Crippen LogP contribution in [0, 0.1) is 0 Å². The van der Waals surface area contributed by atoms with Crippen LogP contribution in [0.2, 0.25) is 0 Å². The van der Waals surface area contributed by atoms with E-state index in [9.17, 15) is 29.3 Å². The van der Waals surface area contributed by atoms with Gasteiger partial charge in [-0.1, -0.05) is 0 Å². The fraction of sp³-hybridized carbons (Fsp3) is 0.636. The highest BCUT2D eigenvalue weighted by atomic mass is 31.2. The van der Waals surface area contributed by atoms with E-state index in [0.717, 1.165) is 10.9 Å². The van der Waals surface area contributed by atoms with E-state index in [1.807, 2.05) is 0 Å². The molecular weight excluding hydrogens is 613 g/mol. The van der Waals surface area contributed by atoms with Gasteiger partial charge in [0.2, 0.25) is 11.9 Å². The molecule has 44 heavy (non-hydrogen) atoms. The van der Waals surface area contributed by atoms with Gasteiger partial charge in [0.15, 0.2) is 23.6 Å². The molecule has 5 heterocycles. The number of imidazole rings is 1. The van der Waals surface area contributed by atoms with Gasteiger partial charge in [-0.3, -0.25) is 28.0 Å². The molecule has 9 atom stereocenters. The van der Waals surface area contributed by atoms with E-state index in [1.54, 1.807) is 13.8 Å². The van der Waals surface area contributed by atoms with Crippen LogP contribution in [0.1, 0.15) is 26.3 Å². The molecule has 5 rings (SSSR count). The van der Waals surface area contributed by atoms with E-state index in [0.29, 0.717) is 0 Å². The first kappa shape index (κ1) is 32.0. The largest absolute Gasteiger partial charge is 0.472 e. The van der Waals surface area contributed by atoms with Gasteiger partial charge in [0.05, 0.1) is 19.5 Å². The molecule has 0 radical (unpaired) electrons. The topological polar surface area (TPSA) is 297 Å². The quantitative estimate of drug-likeness (QED) is 0.110. The maximum absolute atomic E-state index is 13.2. The van der Waals surface area contributed by atoms with Crippen LogP contribution in [-0.4, -0.2) is 112 Å². The molecule has 0 bridgehead atoms. The molecule has 3 aromatic rings. The van der Waals surface area contributed by atoms with Gasteiger partial charge in [-0.05, 0) is 13.8 Å². The number of hydrogen-bond acceptors (Lipinski definition) is 17. The lowest BCUT2D eigenvalue weighted by atomic mass is 10.1. The van der Waals surface area contributed by atoms with Crippen LogP contribution in [-0.2, 0) is 32.6 Å². The molecule has 22 heteroatoms. The standard InChI is InChI=1S/C22H32N9O12P/c1-3-38-14-12(33)10(42-18(14)31-8-26-20(23)29-22(31)35)6-40-44(36,37)43-13-9(5-32)41-19(15(13)39-4-2)30-7-25-11-16(30)27-21(24)28-17(11)34/h7-10,12-15,18-19,32-33H,3-6H2,1-2H3,(H,36,37)(H2,23,29,35)(H3,24,27,28,34)/t9-,10-,12+,13?,14?,15?,18-,19-/m1/s1. The van der Waals surface area contributed by atoms with Gasteiger partial charge in [-0.2, -0.15) is 9.97 Å². The molecule has 2 aliphatic rings. The second-order valence-corrected chi connectivity index (χ2v) is 11.1. The minimum absolute atomic E-state index is 0.0399. The highest BCUT2D eigenvalue weighted by Crippen LogP contribution is 2.50. The Bertz CT molecular complexity index is 1630. The Kier molecular flexibility index (Phi) is 9.41. The normalized spacial score (nSPS) is 30.2. The molecule has 3 aromatic heterocycles. The lowest BCUT2D eigenvalue weighted by Crippen LogP contribution is -2.39. The van der Waals surface area contributed by atoms with Crippen molar-refractivity contribution in [2.75, 3.05) is 37.9 Å². The van der Waals surface area contributed by atoms with E-state index >= 15 is 0 Å². The number of aromatic amines is 1. The number of fused-ring (bicyclic) bond motifs is 1. The maximum atomic E-state index is 13.2. The van der Waals surface area contributed by atoms with Gasteiger partial charge in [0, 0.05) is 13.2 Å². The van der Waals surface area contributed by atoms with Crippen LogP contribution < -0.4 is 22.7 Å². The number of hydrogen-bond donors (Lipinski definition) is 6. The second kappa shape index (κ2) is 12.9. The predicted molar refractivity (Wildman–Crippen MR) is 146 cm³/mol. The Morgan fingerprint density at radius 3 is 2.34 bits per heavy atom. The number of nitrogens with two attached hydrogens (primary N) is 2. The molecule has 0 saturated carbocycles. The number of anilines is 2. The summed E-state index contributed by atoms with van der Waals surface area (Å²) in [7, 11) is -4.97. The summed E-state index contributed by atoms with van der Waals surface area (Å²) in [5.41, 5.74) is 9.70. The Morgan fingerprint density at radius 1 is 1.00 bits per heavy atom. The Balaban J connectivity index is 1.33. The van der Waals surface area contributed by atoms with Crippen LogP contribution in [0.15, 0.2) is 22.2 Å². The first-order valence-electron chi connectivity index (χ1n) is 13.4. The number of aliphatic hydroxyl groups excluding tert-OH is 2. The van der Waals surface area contributed by atoms with Crippen molar-refractivity contribution in [2.45, 2.75) is 62.9 Å². The molecule has 0 spiro atoms. The number of phosphoric ester groups is 1. The van der Waals surface area contributed by atoms with Crippen LogP contribution in [0.3, 0.4) is 0 Å². The average Bonchev–Trinajstić information content (AvgIpc) is 3.62. The van der Waals surface area contributed by atoms with E-state index in [4.69, 9.17) is 39.5 Å². The second-order valence-electron chi connectivity index (χ2n) is 9.66. The van der Waals surface area contributed by atoms with Gasteiger partial charge >= 0.3 is 13.5 Å². The van der Waals surface area contributed by atoms with Gasteiger partial charge in [-0.15, -0.1) is 0 Å². The van der Waals surface area contributed by atoms with Crippen LogP contribution in [0.25, 0.3) is 11.2 Å². The number of ether oxygens (including phenoxy) is 4. The van der Waals surface area contributed by atoms with Crippen molar-refractivity contribution in [1.29, 1.82) is 0 Å². The van der Waals surface area contributed by atoms with E-state index in [1.165, 1.54) is 10.9 Å². The van der Waals surface area contributed by atoms with E-state index in [-0.39, 0.29) is 36.3 Å². The molecule has 0 aromatic carbocycles. The van der Waals surface area contributed by atoms with Crippen molar-refractivity contribution >= 4 is 30.9 Å². The Labute approximate surface area is 247 Å². The summed E-state index contributed by atoms with van der Waals surface area (Å²) < 4.78 is 49.0. The number of nitrogens with one attached hydrogen (secondary N) is 1. The number of aliphatic hydroxyl groups is 2. The molecule has 4 unspecified atom stereocenters. The van der Waals surface area contributed by atoms with E-state index < -0.39 is 81.4 Å². The first-order chi connectivity index (χ1) is 21.0. The number of H-pyrrole nitrogens is 1. The van der Waals surface area contributed by atoms with Crippen LogP contribution in [0.5, 0.6) is 0 Å². The maximum Gasteiger partial charge on any atom is 0.472 e. The van der Waals surface area contributed by atoms with Crippen molar-refractivity contribution in [3.8, 4) is 0 Å². The minimum atomic E-state index is -4.97. The summed E-state index contributed by atoms with van der Waals surface area (Å²) in [6.45, 7) is 2.20. The summed E-state index contributed by atoms with van der Waals surface area (Å²) >= 11 is 0. The Hall–Kier alpha value is -3.37. The fourth-order valence-corrected chi connectivity index (χ4v) is 6.00. The van der Waals surface area contributed by atoms with Crippen molar-refractivity contribution < 1.29 is 47.7 Å². The summed E-state index contributed by atoms with van der Waals surface area (Å²) in [5, 5.41) is 20.9. The highest BCUT2D eigenvalue weighted by molar-refractivity contribution is 7.47. The molecule has 21 nitrogen and oxygen atoms in total. The summed E-state index contributed by atoms with van der Waals surface area (Å²) in [6.07, 6.45) is -7.49. The monoisotopic (exact) mass is 645 g/mol. The third-order valence-corrected chi connectivity index (χ3v) is 7.88. The molecule has 0 amide bonds. The van der Waals surface area contributed by atoms with Gasteiger partial charge < -0.3 is 45.5 Å². The summed E-state index contributed by atoms with van der Waals surface area (Å²) in [6, 6.07) is 0. The SMILES string of the molecule is CCOC1[C@@H](O)[C@@H](COP(=O)(O)OC2C(OCC)[C@H](n3cnc4c(=O)[nH]c(N)nc43)O[C@@H]2CO)O[C@H]1n1cnc(N)nc1=O.